The Morgan fingerprint density at radius 1 is 1.07 bits per heavy atom. The van der Waals surface area contributed by atoms with Crippen molar-refractivity contribution in [3.8, 4) is 11.5 Å². The van der Waals surface area contributed by atoms with E-state index < -0.39 is 29.6 Å². The molecular formula is C23H23NO6. The van der Waals surface area contributed by atoms with Crippen LogP contribution in [0.2, 0.25) is 0 Å². The summed E-state index contributed by atoms with van der Waals surface area (Å²) in [6.45, 7) is 4.72. The second-order valence-electron chi connectivity index (χ2n) is 7.22. The summed E-state index contributed by atoms with van der Waals surface area (Å²) in [4.78, 5) is 38.5. The minimum absolute atomic E-state index is 0.0399. The third kappa shape index (κ3) is 3.91. The average Bonchev–Trinajstić information content (AvgIpc) is 2.98. The second-order valence-corrected chi connectivity index (χ2v) is 7.22. The Morgan fingerprint density at radius 3 is 2.30 bits per heavy atom. The van der Waals surface area contributed by atoms with Gasteiger partial charge in [-0.2, -0.15) is 0 Å². The van der Waals surface area contributed by atoms with Crippen LogP contribution in [0, 0.1) is 5.92 Å². The number of nitrogens with zero attached hydrogens (tertiary/aromatic N) is 1. The van der Waals surface area contributed by atoms with Gasteiger partial charge in [-0.25, -0.2) is 0 Å². The van der Waals surface area contributed by atoms with Crippen molar-refractivity contribution in [1.82, 2.24) is 0 Å². The lowest BCUT2D eigenvalue weighted by atomic mass is 9.91. The van der Waals surface area contributed by atoms with Gasteiger partial charge >= 0.3 is 5.97 Å². The van der Waals surface area contributed by atoms with Crippen LogP contribution >= 0.6 is 0 Å². The molecule has 7 heteroatoms. The van der Waals surface area contributed by atoms with Crippen molar-refractivity contribution < 1.29 is 29.0 Å². The smallest absolute Gasteiger partial charge is 0.308 e. The molecule has 1 atom stereocenters. The number of anilines is 1. The molecule has 0 aliphatic carbocycles. The van der Waals surface area contributed by atoms with Gasteiger partial charge in [0.05, 0.1) is 18.7 Å². The number of Topliss-reactive ketones (excluding diaryl/α,β-unsaturated/α-hetero) is 1. The molecule has 1 heterocycles. The van der Waals surface area contributed by atoms with E-state index in [-0.39, 0.29) is 11.4 Å². The van der Waals surface area contributed by atoms with E-state index in [9.17, 15) is 19.5 Å². The van der Waals surface area contributed by atoms with Crippen molar-refractivity contribution in [3.63, 3.8) is 0 Å². The number of ether oxygens (including phenoxy) is 2. The molecule has 2 aromatic rings. The monoisotopic (exact) mass is 409 g/mol. The minimum atomic E-state index is -0.828. The van der Waals surface area contributed by atoms with E-state index in [1.165, 1.54) is 18.9 Å². The topological polar surface area (TPSA) is 93.1 Å². The number of ketones is 1. The molecule has 1 N–H and O–H groups in total. The zero-order chi connectivity index (χ0) is 22.0. The molecule has 1 unspecified atom stereocenters. The van der Waals surface area contributed by atoms with E-state index in [2.05, 4.69) is 0 Å². The Balaban J connectivity index is 2.13. The van der Waals surface area contributed by atoms with E-state index in [0.717, 1.165) is 0 Å². The highest BCUT2D eigenvalue weighted by Gasteiger charge is 2.44. The van der Waals surface area contributed by atoms with Crippen LogP contribution in [0.5, 0.6) is 11.5 Å². The van der Waals surface area contributed by atoms with Gasteiger partial charge in [-0.05, 0) is 29.8 Å². The number of aliphatic hydroxyl groups excluding tert-OH is 1. The van der Waals surface area contributed by atoms with Gasteiger partial charge < -0.3 is 14.6 Å². The fourth-order valence-corrected chi connectivity index (χ4v) is 3.39. The van der Waals surface area contributed by atoms with Gasteiger partial charge in [0.15, 0.2) is 11.5 Å². The molecule has 0 saturated heterocycles. The summed E-state index contributed by atoms with van der Waals surface area (Å²) >= 11 is 0. The molecule has 30 heavy (non-hydrogen) atoms. The number of esters is 1. The SMILES string of the molecule is COc1cccc(N2C(=O)C(O)=C(C(=O)C(C)C)C2c2ccc(OC(C)=O)cc2)c1. The maximum atomic E-state index is 13.0. The number of aliphatic hydroxyl groups is 1. The van der Waals surface area contributed by atoms with Crippen molar-refractivity contribution in [1.29, 1.82) is 0 Å². The number of carbonyl (C=O) groups is 3. The minimum Gasteiger partial charge on any atom is -0.503 e. The molecule has 156 valence electrons. The van der Waals surface area contributed by atoms with Gasteiger partial charge in [0.2, 0.25) is 0 Å². The quantitative estimate of drug-likeness (QED) is 0.577. The second kappa shape index (κ2) is 8.41. The van der Waals surface area contributed by atoms with E-state index in [0.29, 0.717) is 22.7 Å². The molecule has 0 spiro atoms. The van der Waals surface area contributed by atoms with E-state index in [4.69, 9.17) is 9.47 Å². The molecular weight excluding hydrogens is 386 g/mol. The van der Waals surface area contributed by atoms with Crippen LogP contribution in [0.4, 0.5) is 5.69 Å². The van der Waals surface area contributed by atoms with Crippen molar-refractivity contribution in [2.45, 2.75) is 26.8 Å². The number of hydrogen-bond donors (Lipinski definition) is 1. The standard InChI is InChI=1S/C23H23NO6/c1-13(2)21(26)19-20(15-8-10-17(11-9-15)30-14(3)25)24(23(28)22(19)27)16-6-5-7-18(12-16)29-4/h5-13,20,27H,1-4H3. The molecule has 3 rings (SSSR count). The summed E-state index contributed by atoms with van der Waals surface area (Å²) in [6, 6.07) is 12.5. The van der Waals surface area contributed by atoms with Gasteiger partial charge in [0, 0.05) is 24.6 Å². The molecule has 0 fully saturated rings. The Kier molecular flexibility index (Phi) is 5.91. The molecule has 1 aliphatic rings. The molecule has 0 aromatic heterocycles. The molecule has 0 saturated carbocycles. The largest absolute Gasteiger partial charge is 0.503 e. The Bertz CT molecular complexity index is 1020. The molecule has 0 bridgehead atoms. The van der Waals surface area contributed by atoms with Gasteiger partial charge in [-0.15, -0.1) is 0 Å². The third-order valence-electron chi connectivity index (χ3n) is 4.79. The number of benzene rings is 2. The van der Waals surface area contributed by atoms with Crippen LogP contribution in [0.15, 0.2) is 59.9 Å². The fraction of sp³-hybridized carbons (Fsp3) is 0.261. The highest BCUT2D eigenvalue weighted by atomic mass is 16.5. The van der Waals surface area contributed by atoms with Crippen molar-refractivity contribution in [3.05, 3.63) is 65.4 Å². The summed E-state index contributed by atoms with van der Waals surface area (Å²) in [7, 11) is 1.51. The number of rotatable bonds is 6. The molecule has 0 radical (unpaired) electrons. The number of methoxy groups -OCH3 is 1. The van der Waals surface area contributed by atoms with E-state index in [1.807, 2.05) is 0 Å². The van der Waals surface area contributed by atoms with Crippen LogP contribution in [0.25, 0.3) is 0 Å². The summed E-state index contributed by atoms with van der Waals surface area (Å²) in [5.74, 6) is -1.54. The summed E-state index contributed by atoms with van der Waals surface area (Å²) in [6.07, 6.45) is 0. The summed E-state index contributed by atoms with van der Waals surface area (Å²) in [5.41, 5.74) is 1.11. The lowest BCUT2D eigenvalue weighted by Crippen LogP contribution is -2.31. The van der Waals surface area contributed by atoms with Crippen LogP contribution in [0.1, 0.15) is 32.4 Å². The van der Waals surface area contributed by atoms with Crippen LogP contribution in [-0.4, -0.2) is 29.9 Å². The van der Waals surface area contributed by atoms with Gasteiger partial charge in [0.25, 0.3) is 5.91 Å². The lowest BCUT2D eigenvalue weighted by molar-refractivity contribution is -0.131. The normalized spacial score (nSPS) is 16.2. The van der Waals surface area contributed by atoms with Gasteiger partial charge in [-0.3, -0.25) is 19.3 Å². The Hall–Kier alpha value is -3.61. The first kappa shape index (κ1) is 21.1. The van der Waals surface area contributed by atoms with Crippen molar-refractivity contribution >= 4 is 23.3 Å². The predicted octanol–water partition coefficient (Wildman–Crippen LogP) is 3.75. The Morgan fingerprint density at radius 2 is 1.73 bits per heavy atom. The summed E-state index contributed by atoms with van der Waals surface area (Å²) < 4.78 is 10.3. The molecule has 1 aliphatic heterocycles. The average molecular weight is 409 g/mol. The molecule has 1 amide bonds. The first-order valence-corrected chi connectivity index (χ1v) is 9.48. The maximum absolute atomic E-state index is 13.0. The molecule has 7 nitrogen and oxygen atoms in total. The van der Waals surface area contributed by atoms with Crippen LogP contribution < -0.4 is 14.4 Å². The number of hydrogen-bond acceptors (Lipinski definition) is 6. The van der Waals surface area contributed by atoms with Crippen molar-refractivity contribution in [2.24, 2.45) is 5.92 Å². The number of amides is 1. The van der Waals surface area contributed by atoms with Crippen LogP contribution in [-0.2, 0) is 14.4 Å². The summed E-state index contributed by atoms with van der Waals surface area (Å²) in [5, 5.41) is 10.6. The van der Waals surface area contributed by atoms with E-state index in [1.54, 1.807) is 62.4 Å². The van der Waals surface area contributed by atoms with Crippen molar-refractivity contribution in [2.75, 3.05) is 12.0 Å². The maximum Gasteiger partial charge on any atom is 0.308 e. The number of carbonyl (C=O) groups excluding carboxylic acids is 3. The first-order chi connectivity index (χ1) is 14.2. The lowest BCUT2D eigenvalue weighted by Gasteiger charge is -2.27. The third-order valence-corrected chi connectivity index (χ3v) is 4.79. The predicted molar refractivity (Wildman–Crippen MR) is 110 cm³/mol. The Labute approximate surface area is 174 Å². The van der Waals surface area contributed by atoms with E-state index >= 15 is 0 Å². The highest BCUT2D eigenvalue weighted by molar-refractivity contribution is 6.16. The highest BCUT2D eigenvalue weighted by Crippen LogP contribution is 2.42. The zero-order valence-electron chi connectivity index (χ0n) is 17.2. The van der Waals surface area contributed by atoms with Gasteiger partial charge in [-0.1, -0.05) is 32.0 Å². The zero-order valence-corrected chi connectivity index (χ0v) is 17.2. The van der Waals surface area contributed by atoms with Crippen LogP contribution in [0.3, 0.4) is 0 Å². The molecule has 2 aromatic carbocycles. The first-order valence-electron chi connectivity index (χ1n) is 9.48. The fourth-order valence-electron chi connectivity index (χ4n) is 3.39. The van der Waals surface area contributed by atoms with Gasteiger partial charge in [0.1, 0.15) is 11.5 Å².